The van der Waals surface area contributed by atoms with Gasteiger partial charge in [-0.05, 0) is 24.3 Å². The fourth-order valence-electron chi connectivity index (χ4n) is 1.67. The Bertz CT molecular complexity index is 623. The average Bonchev–Trinajstić information content (AvgIpc) is 2.37. The fourth-order valence-corrected chi connectivity index (χ4v) is 1.67. The zero-order valence-electron chi connectivity index (χ0n) is 11.4. The summed E-state index contributed by atoms with van der Waals surface area (Å²) in [6, 6.07) is 7.95. The van der Waals surface area contributed by atoms with Gasteiger partial charge >= 0.3 is 6.18 Å². The summed E-state index contributed by atoms with van der Waals surface area (Å²) in [5.41, 5.74) is 5.80. The number of nitrogens with one attached hydrogen (secondary N) is 1. The molecular weight excluding hydrogens is 283 g/mol. The van der Waals surface area contributed by atoms with E-state index in [1.807, 2.05) is 31.1 Å². The summed E-state index contributed by atoms with van der Waals surface area (Å²) < 4.78 is 37.9. The molecule has 3 N–H and O–H groups in total. The van der Waals surface area contributed by atoms with Crippen molar-refractivity contribution in [2.45, 2.75) is 6.18 Å². The Kier molecular flexibility index (Phi) is 3.88. The zero-order valence-corrected chi connectivity index (χ0v) is 11.4. The molecule has 21 heavy (non-hydrogen) atoms. The largest absolute Gasteiger partial charge is 0.433 e. The van der Waals surface area contributed by atoms with Gasteiger partial charge in [-0.25, -0.2) is 4.98 Å². The minimum Gasteiger partial charge on any atom is -0.378 e. The SMILES string of the molecule is CN(C)c1ccc(Nc2cc(C(F)(F)F)nc(N)n2)cc1. The Morgan fingerprint density at radius 1 is 1.10 bits per heavy atom. The lowest BCUT2D eigenvalue weighted by atomic mass is 10.2. The van der Waals surface area contributed by atoms with Crippen LogP contribution in [0.4, 0.5) is 36.3 Å². The topological polar surface area (TPSA) is 67.1 Å². The molecule has 0 saturated heterocycles. The van der Waals surface area contributed by atoms with E-state index in [0.717, 1.165) is 11.8 Å². The van der Waals surface area contributed by atoms with E-state index in [4.69, 9.17) is 5.73 Å². The highest BCUT2D eigenvalue weighted by atomic mass is 19.4. The second kappa shape index (κ2) is 5.47. The van der Waals surface area contributed by atoms with Crippen LogP contribution in [0.5, 0.6) is 0 Å². The van der Waals surface area contributed by atoms with Gasteiger partial charge in [0.05, 0.1) is 0 Å². The maximum Gasteiger partial charge on any atom is 0.433 e. The van der Waals surface area contributed by atoms with E-state index >= 15 is 0 Å². The number of anilines is 4. The number of nitrogens with two attached hydrogens (primary N) is 1. The molecule has 1 aromatic heterocycles. The Hall–Kier alpha value is -2.51. The van der Waals surface area contributed by atoms with E-state index in [1.165, 1.54) is 0 Å². The molecule has 0 amide bonds. The number of rotatable bonds is 3. The number of hydrogen-bond acceptors (Lipinski definition) is 5. The molecule has 0 spiro atoms. The quantitative estimate of drug-likeness (QED) is 0.912. The predicted molar refractivity (Wildman–Crippen MR) is 75.5 cm³/mol. The molecule has 0 unspecified atom stereocenters. The van der Waals surface area contributed by atoms with Crippen LogP contribution in [0.25, 0.3) is 0 Å². The van der Waals surface area contributed by atoms with E-state index in [2.05, 4.69) is 15.3 Å². The van der Waals surface area contributed by atoms with Gasteiger partial charge in [-0.2, -0.15) is 18.2 Å². The number of aromatic nitrogens is 2. The van der Waals surface area contributed by atoms with Gasteiger partial charge in [-0.3, -0.25) is 0 Å². The molecule has 2 aromatic rings. The van der Waals surface area contributed by atoms with Crippen LogP contribution in [0, 0.1) is 0 Å². The monoisotopic (exact) mass is 297 g/mol. The summed E-state index contributed by atoms with van der Waals surface area (Å²) in [6.07, 6.45) is -4.57. The first-order chi connectivity index (χ1) is 9.75. The fraction of sp³-hybridized carbons (Fsp3) is 0.231. The molecule has 0 aliphatic heterocycles. The highest BCUT2D eigenvalue weighted by Gasteiger charge is 2.33. The number of hydrogen-bond donors (Lipinski definition) is 2. The molecule has 0 atom stereocenters. The predicted octanol–water partition coefficient (Wildman–Crippen LogP) is 2.89. The molecule has 0 aliphatic carbocycles. The normalized spacial score (nSPS) is 11.3. The molecule has 0 bridgehead atoms. The Morgan fingerprint density at radius 3 is 2.24 bits per heavy atom. The van der Waals surface area contributed by atoms with Crippen LogP contribution >= 0.6 is 0 Å². The van der Waals surface area contributed by atoms with Crippen molar-refractivity contribution in [3.8, 4) is 0 Å². The molecule has 1 heterocycles. The number of halogens is 3. The summed E-state index contributed by atoms with van der Waals surface area (Å²) in [4.78, 5) is 8.84. The Labute approximate surface area is 119 Å². The summed E-state index contributed by atoms with van der Waals surface area (Å²) in [5, 5.41) is 2.77. The second-order valence-electron chi connectivity index (χ2n) is 4.56. The van der Waals surface area contributed by atoms with Crippen LogP contribution < -0.4 is 16.0 Å². The van der Waals surface area contributed by atoms with Gasteiger partial charge in [0.1, 0.15) is 5.82 Å². The second-order valence-corrected chi connectivity index (χ2v) is 4.56. The molecular formula is C13H14F3N5. The van der Waals surface area contributed by atoms with Crippen molar-refractivity contribution in [1.29, 1.82) is 0 Å². The molecule has 5 nitrogen and oxygen atoms in total. The third-order valence-electron chi connectivity index (χ3n) is 2.69. The Balaban J connectivity index is 2.25. The third kappa shape index (κ3) is 3.74. The highest BCUT2D eigenvalue weighted by molar-refractivity contribution is 5.61. The van der Waals surface area contributed by atoms with E-state index in [1.54, 1.807) is 12.1 Å². The van der Waals surface area contributed by atoms with Crippen LogP contribution in [-0.2, 0) is 6.18 Å². The lowest BCUT2D eigenvalue weighted by molar-refractivity contribution is -0.141. The first-order valence-electron chi connectivity index (χ1n) is 6.02. The van der Waals surface area contributed by atoms with Crippen LogP contribution in [0.3, 0.4) is 0 Å². The zero-order chi connectivity index (χ0) is 15.6. The van der Waals surface area contributed by atoms with Crippen molar-refractivity contribution in [3.05, 3.63) is 36.0 Å². The molecule has 0 aliphatic rings. The molecule has 2 rings (SSSR count). The molecule has 112 valence electrons. The van der Waals surface area contributed by atoms with E-state index in [9.17, 15) is 13.2 Å². The lowest BCUT2D eigenvalue weighted by Crippen LogP contribution is -2.12. The van der Waals surface area contributed by atoms with Crippen molar-refractivity contribution in [3.63, 3.8) is 0 Å². The third-order valence-corrected chi connectivity index (χ3v) is 2.69. The van der Waals surface area contributed by atoms with Gasteiger partial charge in [-0.1, -0.05) is 0 Å². The first kappa shape index (κ1) is 14.9. The van der Waals surface area contributed by atoms with Gasteiger partial charge in [0, 0.05) is 31.5 Å². The van der Waals surface area contributed by atoms with Gasteiger partial charge in [0.15, 0.2) is 5.69 Å². The smallest absolute Gasteiger partial charge is 0.378 e. The van der Waals surface area contributed by atoms with Crippen LogP contribution in [-0.4, -0.2) is 24.1 Å². The van der Waals surface area contributed by atoms with Gasteiger partial charge < -0.3 is 16.0 Å². The van der Waals surface area contributed by atoms with Gasteiger partial charge in [0.25, 0.3) is 0 Å². The Morgan fingerprint density at radius 2 is 1.71 bits per heavy atom. The van der Waals surface area contributed by atoms with Gasteiger partial charge in [-0.15, -0.1) is 0 Å². The van der Waals surface area contributed by atoms with Crippen molar-refractivity contribution in [1.82, 2.24) is 9.97 Å². The molecule has 8 heteroatoms. The summed E-state index contributed by atoms with van der Waals surface area (Å²) in [6.45, 7) is 0. The lowest BCUT2D eigenvalue weighted by Gasteiger charge is -2.14. The summed E-state index contributed by atoms with van der Waals surface area (Å²) in [5.74, 6) is -0.440. The number of nitrogen functional groups attached to an aromatic ring is 1. The number of benzene rings is 1. The standard InChI is InChI=1S/C13H14F3N5/c1-21(2)9-5-3-8(4-6-9)18-11-7-10(13(14,15)16)19-12(17)20-11/h3-7H,1-2H3,(H3,17,18,19,20). The summed E-state index contributed by atoms with van der Waals surface area (Å²) >= 11 is 0. The first-order valence-corrected chi connectivity index (χ1v) is 6.02. The highest BCUT2D eigenvalue weighted by Crippen LogP contribution is 2.30. The van der Waals surface area contributed by atoms with Crippen molar-refractivity contribution < 1.29 is 13.2 Å². The van der Waals surface area contributed by atoms with Gasteiger partial charge in [0.2, 0.25) is 5.95 Å². The maximum atomic E-state index is 12.6. The van der Waals surface area contributed by atoms with E-state index in [0.29, 0.717) is 5.69 Å². The maximum absolute atomic E-state index is 12.6. The van der Waals surface area contributed by atoms with Crippen molar-refractivity contribution in [2.75, 3.05) is 30.0 Å². The molecule has 0 saturated carbocycles. The average molecular weight is 297 g/mol. The molecule has 1 aromatic carbocycles. The van der Waals surface area contributed by atoms with Crippen LogP contribution in [0.15, 0.2) is 30.3 Å². The van der Waals surface area contributed by atoms with Crippen LogP contribution in [0.1, 0.15) is 5.69 Å². The van der Waals surface area contributed by atoms with Crippen molar-refractivity contribution in [2.24, 2.45) is 0 Å². The minimum atomic E-state index is -4.57. The van der Waals surface area contributed by atoms with E-state index < -0.39 is 17.8 Å². The summed E-state index contributed by atoms with van der Waals surface area (Å²) in [7, 11) is 3.78. The van der Waals surface area contributed by atoms with Crippen LogP contribution in [0.2, 0.25) is 0 Å². The van der Waals surface area contributed by atoms with Crippen molar-refractivity contribution >= 4 is 23.1 Å². The minimum absolute atomic E-state index is 0.00701. The molecule has 0 fully saturated rings. The number of nitrogens with zero attached hydrogens (tertiary/aromatic N) is 3. The molecule has 0 radical (unpaired) electrons. The van der Waals surface area contributed by atoms with E-state index in [-0.39, 0.29) is 5.82 Å². The number of alkyl halides is 3.